The van der Waals surface area contributed by atoms with Gasteiger partial charge in [0.1, 0.15) is 11.5 Å². The Hall–Kier alpha value is -1.33. The highest BCUT2D eigenvalue weighted by Crippen LogP contribution is 2.37. The smallest absolute Gasteiger partial charge is 0.312 e. The van der Waals surface area contributed by atoms with E-state index in [4.69, 9.17) is 4.42 Å². The lowest BCUT2D eigenvalue weighted by molar-refractivity contribution is -0.164. The van der Waals surface area contributed by atoms with E-state index in [9.17, 15) is 15.0 Å². The van der Waals surface area contributed by atoms with Crippen LogP contribution in [0, 0.1) is 12.3 Å². The average Bonchev–Trinajstić information content (AvgIpc) is 2.78. The average molecular weight is 281 g/mol. The molecule has 0 spiro atoms. The van der Waals surface area contributed by atoms with Crippen LogP contribution >= 0.6 is 0 Å². The number of hydrogen-bond acceptors (Lipinski definition) is 4. The summed E-state index contributed by atoms with van der Waals surface area (Å²) >= 11 is 0. The number of nitrogens with zero attached hydrogens (tertiary/aromatic N) is 1. The molecule has 2 heterocycles. The first-order valence-corrected chi connectivity index (χ1v) is 7.17. The molecule has 1 saturated heterocycles. The Kier molecular flexibility index (Phi) is 4.50. The number of carbonyl (C=O) groups is 1. The molecule has 0 amide bonds. The Labute approximate surface area is 119 Å². The number of aliphatic hydroxyl groups is 1. The fourth-order valence-corrected chi connectivity index (χ4v) is 3.06. The molecule has 20 heavy (non-hydrogen) atoms. The molecular formula is C15H23NO4. The van der Waals surface area contributed by atoms with E-state index in [0.29, 0.717) is 32.5 Å². The molecule has 0 aromatic carbocycles. The standard InChI is InChI=1S/C15H23NO4/c1-3-6-15(14(18)19)7-8-16(10-13(15)17)9-12-5-4-11(2)20-12/h4-5,13,17H,3,6-10H2,1-2H3,(H,18,19)/t13-,15+/m1/s1. The molecule has 5 heteroatoms. The molecule has 0 saturated carbocycles. The lowest BCUT2D eigenvalue weighted by Gasteiger charge is -2.42. The molecule has 1 aliphatic rings. The van der Waals surface area contributed by atoms with Gasteiger partial charge in [-0.25, -0.2) is 0 Å². The second-order valence-electron chi connectivity index (χ2n) is 5.72. The number of likely N-dealkylation sites (tertiary alicyclic amines) is 1. The van der Waals surface area contributed by atoms with E-state index in [-0.39, 0.29) is 0 Å². The van der Waals surface area contributed by atoms with Crippen LogP contribution in [0.5, 0.6) is 0 Å². The predicted molar refractivity (Wildman–Crippen MR) is 74.3 cm³/mol. The highest BCUT2D eigenvalue weighted by molar-refractivity contribution is 5.75. The Balaban J connectivity index is 2.02. The Morgan fingerprint density at radius 1 is 1.55 bits per heavy atom. The third kappa shape index (κ3) is 2.88. The minimum atomic E-state index is -0.982. The van der Waals surface area contributed by atoms with Crippen molar-refractivity contribution >= 4 is 5.97 Å². The molecule has 112 valence electrons. The van der Waals surface area contributed by atoms with E-state index in [1.807, 2.05) is 26.0 Å². The molecule has 2 N–H and O–H groups in total. The van der Waals surface area contributed by atoms with Crippen molar-refractivity contribution in [3.8, 4) is 0 Å². The van der Waals surface area contributed by atoms with E-state index in [1.54, 1.807) is 0 Å². The first-order valence-electron chi connectivity index (χ1n) is 7.17. The lowest BCUT2D eigenvalue weighted by atomic mass is 9.73. The van der Waals surface area contributed by atoms with Crippen LogP contribution in [0.15, 0.2) is 16.5 Å². The summed E-state index contributed by atoms with van der Waals surface area (Å²) in [6, 6.07) is 3.83. The van der Waals surface area contributed by atoms with Crippen LogP contribution in [0.2, 0.25) is 0 Å². The van der Waals surface area contributed by atoms with Gasteiger partial charge in [-0.2, -0.15) is 0 Å². The van der Waals surface area contributed by atoms with E-state index in [1.165, 1.54) is 0 Å². The summed E-state index contributed by atoms with van der Waals surface area (Å²) in [6.45, 7) is 5.52. The van der Waals surface area contributed by atoms with Gasteiger partial charge in [0.15, 0.2) is 0 Å². The van der Waals surface area contributed by atoms with Gasteiger partial charge in [-0.3, -0.25) is 9.69 Å². The number of aliphatic hydroxyl groups excluding tert-OH is 1. The number of β-amino-alcohol motifs (C(OH)–C–C–N with tert-alkyl or cyclic N) is 1. The summed E-state index contributed by atoms with van der Waals surface area (Å²) in [6.07, 6.45) is 0.944. The minimum Gasteiger partial charge on any atom is -0.481 e. The van der Waals surface area contributed by atoms with E-state index in [0.717, 1.165) is 17.9 Å². The molecule has 1 fully saturated rings. The molecule has 2 rings (SSSR count). The monoisotopic (exact) mass is 281 g/mol. The molecule has 2 atom stereocenters. The van der Waals surface area contributed by atoms with Crippen LogP contribution < -0.4 is 0 Å². The zero-order valence-electron chi connectivity index (χ0n) is 12.1. The largest absolute Gasteiger partial charge is 0.481 e. The third-order valence-electron chi connectivity index (χ3n) is 4.24. The maximum absolute atomic E-state index is 11.5. The van der Waals surface area contributed by atoms with Gasteiger partial charge in [0.05, 0.1) is 18.1 Å². The van der Waals surface area contributed by atoms with Gasteiger partial charge in [-0.15, -0.1) is 0 Å². The molecular weight excluding hydrogens is 258 g/mol. The van der Waals surface area contributed by atoms with Gasteiger partial charge in [0.25, 0.3) is 0 Å². The first-order chi connectivity index (χ1) is 9.48. The molecule has 1 aliphatic heterocycles. The normalized spacial score (nSPS) is 27.6. The van der Waals surface area contributed by atoms with Crippen molar-refractivity contribution in [3.05, 3.63) is 23.7 Å². The molecule has 0 aliphatic carbocycles. The summed E-state index contributed by atoms with van der Waals surface area (Å²) in [7, 11) is 0. The van der Waals surface area contributed by atoms with Crippen LogP contribution in [0.25, 0.3) is 0 Å². The number of aliphatic carboxylic acids is 1. The molecule has 1 aromatic heterocycles. The van der Waals surface area contributed by atoms with Crippen molar-refractivity contribution < 1.29 is 19.4 Å². The molecule has 1 aromatic rings. The molecule has 0 unspecified atom stereocenters. The summed E-state index contributed by atoms with van der Waals surface area (Å²) in [5.74, 6) is 0.844. The van der Waals surface area contributed by atoms with Gasteiger partial charge in [0.2, 0.25) is 0 Å². The third-order valence-corrected chi connectivity index (χ3v) is 4.24. The highest BCUT2D eigenvalue weighted by Gasteiger charge is 2.47. The van der Waals surface area contributed by atoms with Gasteiger partial charge in [-0.1, -0.05) is 13.3 Å². The maximum atomic E-state index is 11.5. The van der Waals surface area contributed by atoms with Gasteiger partial charge >= 0.3 is 5.97 Å². The number of piperidine rings is 1. The number of hydrogen-bond donors (Lipinski definition) is 2. The van der Waals surface area contributed by atoms with Gasteiger partial charge < -0.3 is 14.6 Å². The second-order valence-corrected chi connectivity index (χ2v) is 5.72. The fourth-order valence-electron chi connectivity index (χ4n) is 3.06. The van der Waals surface area contributed by atoms with E-state index >= 15 is 0 Å². The second kappa shape index (κ2) is 5.97. The number of aryl methyl sites for hydroxylation is 1. The minimum absolute atomic E-state index is 0.381. The van der Waals surface area contributed by atoms with Crippen molar-refractivity contribution in [3.63, 3.8) is 0 Å². The first kappa shape index (κ1) is 15.1. The van der Waals surface area contributed by atoms with Crippen LogP contribution in [-0.4, -0.2) is 40.3 Å². The van der Waals surface area contributed by atoms with Crippen molar-refractivity contribution in [2.24, 2.45) is 5.41 Å². The number of carboxylic acid groups (broad SMARTS) is 1. The lowest BCUT2D eigenvalue weighted by Crippen LogP contribution is -2.54. The summed E-state index contributed by atoms with van der Waals surface area (Å²) in [4.78, 5) is 13.6. The van der Waals surface area contributed by atoms with Crippen LogP contribution in [0.4, 0.5) is 0 Å². The number of furan rings is 1. The topological polar surface area (TPSA) is 73.9 Å². The summed E-state index contributed by atoms with van der Waals surface area (Å²) in [5.41, 5.74) is -0.982. The Bertz CT molecular complexity index is 470. The fraction of sp³-hybridized carbons (Fsp3) is 0.667. The zero-order valence-corrected chi connectivity index (χ0v) is 12.1. The summed E-state index contributed by atoms with van der Waals surface area (Å²) < 4.78 is 5.53. The quantitative estimate of drug-likeness (QED) is 0.864. The maximum Gasteiger partial charge on any atom is 0.312 e. The van der Waals surface area contributed by atoms with Crippen molar-refractivity contribution in [1.82, 2.24) is 4.90 Å². The van der Waals surface area contributed by atoms with Gasteiger partial charge in [0, 0.05) is 6.54 Å². The SMILES string of the molecule is CCC[C@]1(C(=O)O)CCN(Cc2ccc(C)o2)C[C@H]1O. The van der Waals surface area contributed by atoms with Crippen LogP contribution in [0.3, 0.4) is 0 Å². The van der Waals surface area contributed by atoms with Crippen molar-refractivity contribution in [2.45, 2.75) is 45.8 Å². The molecule has 0 bridgehead atoms. The number of rotatable bonds is 5. The predicted octanol–water partition coefficient (Wildman–Crippen LogP) is 2.03. The van der Waals surface area contributed by atoms with E-state index < -0.39 is 17.5 Å². The summed E-state index contributed by atoms with van der Waals surface area (Å²) in [5, 5.41) is 19.8. The van der Waals surface area contributed by atoms with Crippen LogP contribution in [-0.2, 0) is 11.3 Å². The van der Waals surface area contributed by atoms with Gasteiger partial charge in [-0.05, 0) is 38.4 Å². The van der Waals surface area contributed by atoms with Crippen LogP contribution in [0.1, 0.15) is 37.7 Å². The van der Waals surface area contributed by atoms with Crippen molar-refractivity contribution in [1.29, 1.82) is 0 Å². The number of carboxylic acids is 1. The van der Waals surface area contributed by atoms with E-state index in [2.05, 4.69) is 4.90 Å². The highest BCUT2D eigenvalue weighted by atomic mass is 16.4. The zero-order chi connectivity index (χ0) is 14.8. The molecule has 5 nitrogen and oxygen atoms in total. The van der Waals surface area contributed by atoms with Crippen molar-refractivity contribution in [2.75, 3.05) is 13.1 Å². The Morgan fingerprint density at radius 3 is 2.80 bits per heavy atom. The Morgan fingerprint density at radius 2 is 2.30 bits per heavy atom. The molecule has 0 radical (unpaired) electrons.